The number of rotatable bonds is 5. The van der Waals surface area contributed by atoms with Crippen molar-refractivity contribution < 1.29 is 28.6 Å². The van der Waals surface area contributed by atoms with Crippen molar-refractivity contribution in [2.24, 2.45) is 11.8 Å². The van der Waals surface area contributed by atoms with Crippen molar-refractivity contribution in [1.82, 2.24) is 5.32 Å². The molecule has 142 valence electrons. The van der Waals surface area contributed by atoms with Crippen molar-refractivity contribution in [3.8, 4) is 0 Å². The molecule has 0 spiro atoms. The van der Waals surface area contributed by atoms with Crippen molar-refractivity contribution >= 4 is 17.9 Å². The second-order valence-corrected chi connectivity index (χ2v) is 6.74. The molecule has 0 unspecified atom stereocenters. The van der Waals surface area contributed by atoms with E-state index in [1.807, 2.05) is 30.3 Å². The van der Waals surface area contributed by atoms with E-state index in [2.05, 4.69) is 5.32 Å². The number of methoxy groups -OCH3 is 2. The largest absolute Gasteiger partial charge is 0.469 e. The molecule has 0 aliphatic carbocycles. The maximum atomic E-state index is 12.8. The van der Waals surface area contributed by atoms with Gasteiger partial charge in [-0.15, -0.1) is 0 Å². The van der Waals surface area contributed by atoms with E-state index in [1.54, 1.807) is 20.8 Å². The Labute approximate surface area is 153 Å². The van der Waals surface area contributed by atoms with Gasteiger partial charge >= 0.3 is 17.9 Å². The minimum absolute atomic E-state index is 0.369. The highest BCUT2D eigenvalue weighted by atomic mass is 16.5. The van der Waals surface area contributed by atoms with Gasteiger partial charge in [-0.25, -0.2) is 0 Å². The summed E-state index contributed by atoms with van der Waals surface area (Å²) in [5, 5.41) is 3.14. The molecule has 1 aromatic carbocycles. The van der Waals surface area contributed by atoms with Gasteiger partial charge in [0.25, 0.3) is 0 Å². The highest BCUT2D eigenvalue weighted by Crippen LogP contribution is 2.45. The lowest BCUT2D eigenvalue weighted by atomic mass is 9.78. The monoisotopic (exact) mass is 363 g/mol. The van der Waals surface area contributed by atoms with Crippen molar-refractivity contribution in [3.63, 3.8) is 0 Å². The van der Waals surface area contributed by atoms with Crippen molar-refractivity contribution in [3.05, 3.63) is 35.9 Å². The SMILES string of the molecule is COC(=O)[C@H]1[C@@H](c2ccccc2)N[C@@](C)(C(=O)OC(C)C)[C@@H]1C(=O)OC. The van der Waals surface area contributed by atoms with Crippen LogP contribution in [-0.4, -0.2) is 43.8 Å². The Morgan fingerprint density at radius 2 is 1.62 bits per heavy atom. The Bertz CT molecular complexity index is 674. The van der Waals surface area contributed by atoms with Crippen LogP contribution in [0.15, 0.2) is 30.3 Å². The summed E-state index contributed by atoms with van der Waals surface area (Å²) in [5.74, 6) is -3.90. The molecule has 0 aromatic heterocycles. The number of carbonyl (C=O) groups excluding carboxylic acids is 3. The maximum absolute atomic E-state index is 12.8. The maximum Gasteiger partial charge on any atom is 0.327 e. The number of benzene rings is 1. The molecule has 1 aliphatic rings. The van der Waals surface area contributed by atoms with Gasteiger partial charge in [-0.3, -0.25) is 19.7 Å². The highest BCUT2D eigenvalue weighted by molar-refractivity contribution is 5.94. The predicted octanol–water partition coefficient (Wildman–Crippen LogP) is 1.62. The lowest BCUT2D eigenvalue weighted by molar-refractivity contribution is -0.166. The van der Waals surface area contributed by atoms with Crippen LogP contribution in [0.3, 0.4) is 0 Å². The third kappa shape index (κ3) is 3.58. The first kappa shape index (κ1) is 19.9. The predicted molar refractivity (Wildman–Crippen MR) is 93.0 cm³/mol. The highest BCUT2D eigenvalue weighted by Gasteiger charge is 2.62. The summed E-state index contributed by atoms with van der Waals surface area (Å²) in [7, 11) is 2.47. The molecule has 26 heavy (non-hydrogen) atoms. The van der Waals surface area contributed by atoms with Gasteiger partial charge in [0.2, 0.25) is 0 Å². The number of carbonyl (C=O) groups is 3. The molecule has 0 radical (unpaired) electrons. The minimum Gasteiger partial charge on any atom is -0.469 e. The smallest absolute Gasteiger partial charge is 0.327 e. The van der Waals surface area contributed by atoms with E-state index in [9.17, 15) is 14.4 Å². The van der Waals surface area contributed by atoms with Gasteiger partial charge < -0.3 is 14.2 Å². The molecule has 1 aliphatic heterocycles. The summed E-state index contributed by atoms with van der Waals surface area (Å²) in [5.41, 5.74) is -0.672. The molecule has 1 fully saturated rings. The normalized spacial score (nSPS) is 27.8. The second-order valence-electron chi connectivity index (χ2n) is 6.74. The molecule has 7 nitrogen and oxygen atoms in total. The Morgan fingerprint density at radius 3 is 2.12 bits per heavy atom. The summed E-state index contributed by atoms with van der Waals surface area (Å²) >= 11 is 0. The summed E-state index contributed by atoms with van der Waals surface area (Å²) in [6.45, 7) is 4.99. The fraction of sp³-hybridized carbons (Fsp3) is 0.526. The van der Waals surface area contributed by atoms with Gasteiger partial charge in [-0.1, -0.05) is 30.3 Å². The minimum atomic E-state index is -1.43. The zero-order chi connectivity index (χ0) is 19.5. The van der Waals surface area contributed by atoms with E-state index in [-0.39, 0.29) is 6.10 Å². The number of esters is 3. The zero-order valence-electron chi connectivity index (χ0n) is 15.6. The van der Waals surface area contributed by atoms with Crippen LogP contribution in [0, 0.1) is 11.8 Å². The van der Waals surface area contributed by atoms with Gasteiger partial charge in [-0.05, 0) is 26.3 Å². The van der Waals surface area contributed by atoms with Crippen molar-refractivity contribution in [2.45, 2.75) is 38.5 Å². The van der Waals surface area contributed by atoms with Gasteiger partial charge in [0.05, 0.1) is 26.2 Å². The van der Waals surface area contributed by atoms with E-state index in [1.165, 1.54) is 14.2 Å². The standard InChI is InChI=1S/C19H25NO6/c1-11(2)26-18(23)19(3)14(17(22)25-5)13(16(21)24-4)15(20-19)12-9-7-6-8-10-12/h6-11,13-15,20H,1-5H3/t13-,14+,15-,19-/m1/s1. The third-order valence-electron chi connectivity index (χ3n) is 4.65. The Hall–Kier alpha value is -2.41. The lowest BCUT2D eigenvalue weighted by Crippen LogP contribution is -2.54. The van der Waals surface area contributed by atoms with E-state index >= 15 is 0 Å². The van der Waals surface area contributed by atoms with E-state index in [0.717, 1.165) is 5.56 Å². The van der Waals surface area contributed by atoms with Crippen LogP contribution >= 0.6 is 0 Å². The molecule has 0 saturated carbocycles. The third-order valence-corrected chi connectivity index (χ3v) is 4.65. The van der Waals surface area contributed by atoms with E-state index < -0.39 is 41.3 Å². The first-order valence-corrected chi connectivity index (χ1v) is 8.45. The van der Waals surface area contributed by atoms with Gasteiger partial charge in [0.1, 0.15) is 11.5 Å². The quantitative estimate of drug-likeness (QED) is 0.628. The van der Waals surface area contributed by atoms with Crippen molar-refractivity contribution in [1.29, 1.82) is 0 Å². The van der Waals surface area contributed by atoms with Gasteiger partial charge in [0.15, 0.2) is 0 Å². The molecule has 1 heterocycles. The van der Waals surface area contributed by atoms with Crippen LogP contribution in [0.5, 0.6) is 0 Å². The number of nitrogens with one attached hydrogen (secondary N) is 1. The van der Waals surface area contributed by atoms with Crippen LogP contribution in [-0.2, 0) is 28.6 Å². The van der Waals surface area contributed by atoms with Crippen LogP contribution in [0.1, 0.15) is 32.4 Å². The molecule has 1 N–H and O–H groups in total. The van der Waals surface area contributed by atoms with Crippen molar-refractivity contribution in [2.75, 3.05) is 14.2 Å². The number of hydrogen-bond acceptors (Lipinski definition) is 7. The number of ether oxygens (including phenoxy) is 3. The summed E-state index contributed by atoms with van der Waals surface area (Å²) in [6.07, 6.45) is -0.369. The summed E-state index contributed by atoms with van der Waals surface area (Å²) in [4.78, 5) is 37.9. The van der Waals surface area contributed by atoms with Gasteiger partial charge in [0, 0.05) is 6.04 Å². The van der Waals surface area contributed by atoms with E-state index in [0.29, 0.717) is 0 Å². The van der Waals surface area contributed by atoms with Crippen LogP contribution < -0.4 is 5.32 Å². The Balaban J connectivity index is 2.56. The molecule has 0 bridgehead atoms. The Kier molecular flexibility index (Phi) is 6.02. The molecule has 2 rings (SSSR count). The second kappa shape index (κ2) is 7.86. The lowest BCUT2D eigenvalue weighted by Gasteiger charge is -2.29. The molecule has 7 heteroatoms. The molecule has 1 aromatic rings. The zero-order valence-corrected chi connectivity index (χ0v) is 15.6. The summed E-state index contributed by atoms with van der Waals surface area (Å²) in [6, 6.07) is 8.53. The average Bonchev–Trinajstić information content (AvgIpc) is 2.95. The Morgan fingerprint density at radius 1 is 1.04 bits per heavy atom. The fourth-order valence-corrected chi connectivity index (χ4v) is 3.45. The van der Waals surface area contributed by atoms with E-state index in [4.69, 9.17) is 14.2 Å². The summed E-state index contributed by atoms with van der Waals surface area (Å²) < 4.78 is 15.2. The fourth-order valence-electron chi connectivity index (χ4n) is 3.45. The first-order valence-electron chi connectivity index (χ1n) is 8.45. The molecule has 0 amide bonds. The molecular formula is C19H25NO6. The van der Waals surface area contributed by atoms with Crippen LogP contribution in [0.25, 0.3) is 0 Å². The van der Waals surface area contributed by atoms with Crippen LogP contribution in [0.2, 0.25) is 0 Å². The first-order chi connectivity index (χ1) is 12.3. The average molecular weight is 363 g/mol. The molecule has 4 atom stereocenters. The van der Waals surface area contributed by atoms with Crippen LogP contribution in [0.4, 0.5) is 0 Å². The molecule has 1 saturated heterocycles. The molecular weight excluding hydrogens is 338 g/mol. The topological polar surface area (TPSA) is 90.9 Å². The van der Waals surface area contributed by atoms with Gasteiger partial charge in [-0.2, -0.15) is 0 Å². The number of hydrogen-bond donors (Lipinski definition) is 1.